The molecule has 0 aliphatic heterocycles. The van der Waals surface area contributed by atoms with Crippen molar-refractivity contribution in [1.82, 2.24) is 15.0 Å². The summed E-state index contributed by atoms with van der Waals surface area (Å²) in [6.45, 7) is 0.127. The zero-order chi connectivity index (χ0) is 12.3. The van der Waals surface area contributed by atoms with Gasteiger partial charge in [-0.25, -0.2) is 15.6 Å². The lowest BCUT2D eigenvalue weighted by Gasteiger charge is -2.03. The first kappa shape index (κ1) is 11.1. The molecule has 0 radical (unpaired) electrons. The van der Waals surface area contributed by atoms with Crippen LogP contribution in [0.25, 0.3) is 0 Å². The fourth-order valence-corrected chi connectivity index (χ4v) is 1.41. The van der Waals surface area contributed by atoms with Gasteiger partial charge in [0.25, 0.3) is 5.91 Å². The predicted molar refractivity (Wildman–Crippen MR) is 58.0 cm³/mol. The number of nitrogens with one attached hydrogen (secondary N) is 1. The van der Waals surface area contributed by atoms with Crippen molar-refractivity contribution in [3.8, 4) is 0 Å². The van der Waals surface area contributed by atoms with Gasteiger partial charge in [-0.15, -0.1) is 0 Å². The first-order valence-corrected chi connectivity index (χ1v) is 4.81. The largest absolute Gasteiger partial charge is 0.467 e. The van der Waals surface area contributed by atoms with Gasteiger partial charge in [0.1, 0.15) is 5.76 Å². The minimum atomic E-state index is -0.467. The molecule has 0 atom stereocenters. The second kappa shape index (κ2) is 4.62. The zero-order valence-electron chi connectivity index (χ0n) is 8.79. The number of aromatic nitrogens is 2. The summed E-state index contributed by atoms with van der Waals surface area (Å²) in [5.41, 5.74) is 1.89. The molecule has 7 heteroatoms. The molecule has 3 N–H and O–H groups in total. The van der Waals surface area contributed by atoms with E-state index in [4.69, 9.17) is 10.3 Å². The lowest BCUT2D eigenvalue weighted by Crippen LogP contribution is -2.31. The van der Waals surface area contributed by atoms with Crippen molar-refractivity contribution in [1.29, 1.82) is 0 Å². The Kier molecular flexibility index (Phi) is 3.01. The Morgan fingerprint density at radius 3 is 3.12 bits per heavy atom. The van der Waals surface area contributed by atoms with E-state index in [1.807, 2.05) is 5.43 Å². The van der Waals surface area contributed by atoms with Crippen molar-refractivity contribution in [2.75, 3.05) is 0 Å². The number of hydrogen-bond acceptors (Lipinski definition) is 5. The van der Waals surface area contributed by atoms with Gasteiger partial charge in [0.2, 0.25) is 0 Å². The fourth-order valence-electron chi connectivity index (χ4n) is 1.41. The molecule has 1 amide bonds. The summed E-state index contributed by atoms with van der Waals surface area (Å²) < 4.78 is 6.47. The van der Waals surface area contributed by atoms with Crippen LogP contribution in [0.15, 0.2) is 40.0 Å². The van der Waals surface area contributed by atoms with E-state index >= 15 is 0 Å². The van der Waals surface area contributed by atoms with Gasteiger partial charge >= 0.3 is 5.69 Å². The van der Waals surface area contributed by atoms with Crippen molar-refractivity contribution >= 4 is 5.91 Å². The molecule has 0 aromatic carbocycles. The van der Waals surface area contributed by atoms with Crippen molar-refractivity contribution < 1.29 is 9.21 Å². The van der Waals surface area contributed by atoms with Gasteiger partial charge < -0.3 is 4.42 Å². The molecule has 0 unspecified atom stereocenters. The second-order valence-corrected chi connectivity index (χ2v) is 3.26. The Balaban J connectivity index is 2.31. The van der Waals surface area contributed by atoms with E-state index in [9.17, 15) is 9.59 Å². The standard InChI is InChI=1S/C10H10N4O3/c11-13-9(15)7-2-5-17-8(7)6-14-4-1-3-12-10(14)16/h1-5H,6,11H2,(H,13,15). The van der Waals surface area contributed by atoms with Crippen LogP contribution in [0.5, 0.6) is 0 Å². The Hall–Kier alpha value is -2.41. The summed E-state index contributed by atoms with van der Waals surface area (Å²) >= 11 is 0. The number of nitrogens with zero attached hydrogens (tertiary/aromatic N) is 2. The van der Waals surface area contributed by atoms with Crippen LogP contribution in [0.3, 0.4) is 0 Å². The molecule has 17 heavy (non-hydrogen) atoms. The molecule has 0 aliphatic rings. The van der Waals surface area contributed by atoms with Crippen LogP contribution < -0.4 is 17.0 Å². The van der Waals surface area contributed by atoms with E-state index in [0.29, 0.717) is 11.3 Å². The van der Waals surface area contributed by atoms with Gasteiger partial charge in [0.15, 0.2) is 0 Å². The number of furan rings is 1. The highest BCUT2D eigenvalue weighted by Gasteiger charge is 2.14. The second-order valence-electron chi connectivity index (χ2n) is 3.26. The molecule has 2 aromatic heterocycles. The number of hydrazine groups is 1. The summed E-state index contributed by atoms with van der Waals surface area (Å²) in [6, 6.07) is 3.10. The van der Waals surface area contributed by atoms with Crippen molar-refractivity contribution in [3.05, 3.63) is 52.6 Å². The molecule has 7 nitrogen and oxygen atoms in total. The predicted octanol–water partition coefficient (Wildman–Crippen LogP) is -0.512. The van der Waals surface area contributed by atoms with Crippen LogP contribution >= 0.6 is 0 Å². The maximum Gasteiger partial charge on any atom is 0.347 e. The molecular weight excluding hydrogens is 224 g/mol. The van der Waals surface area contributed by atoms with Gasteiger partial charge in [0, 0.05) is 12.4 Å². The normalized spacial score (nSPS) is 10.2. The van der Waals surface area contributed by atoms with E-state index < -0.39 is 11.6 Å². The van der Waals surface area contributed by atoms with Crippen LogP contribution in [0.4, 0.5) is 0 Å². The quantitative estimate of drug-likeness (QED) is 0.423. The Morgan fingerprint density at radius 2 is 2.41 bits per heavy atom. The van der Waals surface area contributed by atoms with Gasteiger partial charge in [-0.1, -0.05) is 0 Å². The van der Waals surface area contributed by atoms with Gasteiger partial charge in [-0.2, -0.15) is 0 Å². The summed E-state index contributed by atoms with van der Waals surface area (Å²) in [5, 5.41) is 0. The zero-order valence-corrected chi connectivity index (χ0v) is 8.79. The maximum absolute atomic E-state index is 11.4. The summed E-state index contributed by atoms with van der Waals surface area (Å²) in [4.78, 5) is 26.3. The Labute approximate surface area is 95.8 Å². The highest BCUT2D eigenvalue weighted by Crippen LogP contribution is 2.11. The third-order valence-electron chi connectivity index (χ3n) is 2.22. The average molecular weight is 234 g/mol. The van der Waals surface area contributed by atoms with E-state index in [0.717, 1.165) is 0 Å². The van der Waals surface area contributed by atoms with Crippen LogP contribution in [0.2, 0.25) is 0 Å². The highest BCUT2D eigenvalue weighted by molar-refractivity contribution is 5.94. The number of carbonyl (C=O) groups excluding carboxylic acids is 1. The van der Waals surface area contributed by atoms with Crippen molar-refractivity contribution in [2.45, 2.75) is 6.54 Å². The third-order valence-corrected chi connectivity index (χ3v) is 2.22. The molecule has 2 rings (SSSR count). The molecule has 0 aliphatic carbocycles. The number of amides is 1. The third kappa shape index (κ3) is 2.23. The number of nitrogen functional groups attached to an aromatic ring is 1. The molecule has 0 bridgehead atoms. The fraction of sp³-hybridized carbons (Fsp3) is 0.100. The smallest absolute Gasteiger partial charge is 0.347 e. The van der Waals surface area contributed by atoms with E-state index in [1.54, 1.807) is 12.3 Å². The van der Waals surface area contributed by atoms with Crippen LogP contribution in [-0.2, 0) is 6.54 Å². The monoisotopic (exact) mass is 234 g/mol. The van der Waals surface area contributed by atoms with E-state index in [2.05, 4.69) is 4.98 Å². The molecule has 88 valence electrons. The minimum absolute atomic E-state index is 0.127. The number of hydrogen-bond donors (Lipinski definition) is 2. The van der Waals surface area contributed by atoms with Crippen molar-refractivity contribution in [3.63, 3.8) is 0 Å². The molecule has 2 aromatic rings. The average Bonchev–Trinajstić information content (AvgIpc) is 2.79. The Morgan fingerprint density at radius 1 is 1.59 bits per heavy atom. The molecule has 2 heterocycles. The maximum atomic E-state index is 11.4. The van der Waals surface area contributed by atoms with Crippen LogP contribution in [0.1, 0.15) is 16.1 Å². The lowest BCUT2D eigenvalue weighted by molar-refractivity contribution is 0.0951. The van der Waals surface area contributed by atoms with E-state index in [1.165, 1.54) is 23.1 Å². The topological polar surface area (TPSA) is 103 Å². The van der Waals surface area contributed by atoms with Gasteiger partial charge in [-0.05, 0) is 12.1 Å². The minimum Gasteiger partial charge on any atom is -0.467 e. The van der Waals surface area contributed by atoms with Crippen LogP contribution in [-0.4, -0.2) is 15.5 Å². The first-order valence-electron chi connectivity index (χ1n) is 4.81. The van der Waals surface area contributed by atoms with Crippen molar-refractivity contribution in [2.24, 2.45) is 5.84 Å². The molecule has 0 spiro atoms. The lowest BCUT2D eigenvalue weighted by atomic mass is 10.2. The molecular formula is C10H10N4O3. The van der Waals surface area contributed by atoms with Gasteiger partial charge in [0.05, 0.1) is 18.4 Å². The van der Waals surface area contributed by atoms with Crippen LogP contribution in [0, 0.1) is 0 Å². The summed E-state index contributed by atoms with van der Waals surface area (Å²) in [6.07, 6.45) is 4.32. The summed E-state index contributed by atoms with van der Waals surface area (Å²) in [5.74, 6) is 4.92. The number of carbonyl (C=O) groups is 1. The Bertz CT molecular complexity index is 587. The molecule has 0 saturated heterocycles. The summed E-state index contributed by atoms with van der Waals surface area (Å²) in [7, 11) is 0. The number of nitrogens with two attached hydrogens (primary N) is 1. The first-order chi connectivity index (χ1) is 8.22. The molecule has 0 fully saturated rings. The SMILES string of the molecule is NNC(=O)c1ccoc1Cn1cccnc1=O. The van der Waals surface area contributed by atoms with Gasteiger partial charge in [-0.3, -0.25) is 14.8 Å². The number of rotatable bonds is 3. The highest BCUT2D eigenvalue weighted by atomic mass is 16.3. The van der Waals surface area contributed by atoms with E-state index in [-0.39, 0.29) is 6.54 Å². The molecule has 0 saturated carbocycles.